The van der Waals surface area contributed by atoms with Gasteiger partial charge in [-0.2, -0.15) is 0 Å². The molecule has 0 atom stereocenters. The molecule has 166 valence electrons. The van der Waals surface area contributed by atoms with E-state index in [0.717, 1.165) is 0 Å². The van der Waals surface area contributed by atoms with Crippen molar-refractivity contribution in [2.45, 2.75) is 13.5 Å². The highest BCUT2D eigenvalue weighted by molar-refractivity contribution is 7.80. The van der Waals surface area contributed by atoms with Crippen LogP contribution in [-0.2, 0) is 16.2 Å². The van der Waals surface area contributed by atoms with E-state index in [9.17, 15) is 14.0 Å². The van der Waals surface area contributed by atoms with Crippen molar-refractivity contribution in [3.63, 3.8) is 0 Å². The summed E-state index contributed by atoms with van der Waals surface area (Å²) < 4.78 is 24.9. The van der Waals surface area contributed by atoms with Crippen LogP contribution in [0.3, 0.4) is 0 Å². The van der Waals surface area contributed by atoms with Crippen molar-refractivity contribution in [3.8, 4) is 11.5 Å². The molecule has 1 N–H and O–H groups in total. The second-order valence-corrected chi connectivity index (χ2v) is 7.50. The maximum absolute atomic E-state index is 13.4. The number of benzene rings is 2. The van der Waals surface area contributed by atoms with Gasteiger partial charge in [0.05, 0.1) is 11.6 Å². The molecule has 9 heteroatoms. The molecular weight excluding hydrogens is 455 g/mol. The summed E-state index contributed by atoms with van der Waals surface area (Å²) in [4.78, 5) is 26.3. The molecule has 2 aromatic rings. The van der Waals surface area contributed by atoms with Gasteiger partial charge in [0.2, 0.25) is 0 Å². The largest absolute Gasteiger partial charge is 0.490 e. The topological polar surface area (TPSA) is 67.9 Å². The fourth-order valence-corrected chi connectivity index (χ4v) is 3.54. The molecule has 1 aliphatic rings. The summed E-state index contributed by atoms with van der Waals surface area (Å²) >= 11 is 11.5. The van der Waals surface area contributed by atoms with Crippen molar-refractivity contribution < 1.29 is 23.5 Å². The molecule has 0 unspecified atom stereocenters. The number of thiocarbonyl (C=S) groups is 1. The Bertz CT molecular complexity index is 1120. The maximum atomic E-state index is 13.4. The number of rotatable bonds is 8. The first-order valence-electron chi connectivity index (χ1n) is 9.67. The van der Waals surface area contributed by atoms with Crippen molar-refractivity contribution in [3.05, 3.63) is 76.6 Å². The Labute approximate surface area is 195 Å². The molecule has 0 saturated carbocycles. The predicted octanol–water partition coefficient (Wildman–Crippen LogP) is 4.27. The van der Waals surface area contributed by atoms with Crippen molar-refractivity contribution in [2.75, 3.05) is 13.2 Å². The standard InChI is InChI=1S/C23H20ClFN2O4S/c1-3-8-27-22(29)17(21(28)26-23(27)32)10-15-11-18(24)20(19(12-15)30-4-2)31-13-14-6-5-7-16(25)9-14/h3,5-7,9-12H,1,4,8,13H2,2H3,(H,26,28,32)/b17-10+. The van der Waals surface area contributed by atoms with Crippen LogP contribution in [0.4, 0.5) is 4.39 Å². The van der Waals surface area contributed by atoms with Gasteiger partial charge >= 0.3 is 0 Å². The van der Waals surface area contributed by atoms with Crippen LogP contribution in [0.1, 0.15) is 18.1 Å². The minimum Gasteiger partial charge on any atom is -0.490 e. The third-order valence-corrected chi connectivity index (χ3v) is 5.02. The highest BCUT2D eigenvalue weighted by Crippen LogP contribution is 2.38. The van der Waals surface area contributed by atoms with Crippen molar-refractivity contribution in [1.29, 1.82) is 0 Å². The Morgan fingerprint density at radius 2 is 2.03 bits per heavy atom. The third-order valence-electron chi connectivity index (χ3n) is 4.41. The molecule has 2 aromatic carbocycles. The molecule has 0 radical (unpaired) electrons. The van der Waals surface area contributed by atoms with Gasteiger partial charge in [-0.05, 0) is 60.6 Å². The maximum Gasteiger partial charge on any atom is 0.265 e. The van der Waals surface area contributed by atoms with Gasteiger partial charge in [0, 0.05) is 6.54 Å². The van der Waals surface area contributed by atoms with Gasteiger partial charge in [-0.25, -0.2) is 4.39 Å². The molecule has 2 amide bonds. The first-order valence-corrected chi connectivity index (χ1v) is 10.5. The quantitative estimate of drug-likeness (QED) is 0.268. The van der Waals surface area contributed by atoms with Crippen LogP contribution in [0.25, 0.3) is 6.08 Å². The molecule has 1 saturated heterocycles. The number of ether oxygens (including phenoxy) is 2. The normalized spacial score (nSPS) is 15.0. The van der Waals surface area contributed by atoms with Gasteiger partial charge in [0.25, 0.3) is 11.8 Å². The highest BCUT2D eigenvalue weighted by atomic mass is 35.5. The molecule has 32 heavy (non-hydrogen) atoms. The van der Waals surface area contributed by atoms with E-state index in [2.05, 4.69) is 11.9 Å². The number of hydrogen-bond acceptors (Lipinski definition) is 5. The zero-order chi connectivity index (χ0) is 23.3. The Morgan fingerprint density at radius 1 is 1.25 bits per heavy atom. The molecule has 1 fully saturated rings. The summed E-state index contributed by atoms with van der Waals surface area (Å²) in [6.45, 7) is 5.95. The lowest BCUT2D eigenvalue weighted by molar-refractivity contribution is -0.128. The van der Waals surface area contributed by atoms with Crippen LogP contribution in [0.2, 0.25) is 5.02 Å². The summed E-state index contributed by atoms with van der Waals surface area (Å²) in [5, 5.41) is 2.71. The fourth-order valence-electron chi connectivity index (χ4n) is 3.01. The van der Waals surface area contributed by atoms with Gasteiger partial charge in [-0.1, -0.05) is 29.8 Å². The first kappa shape index (κ1) is 23.4. The Kier molecular flexibility index (Phi) is 7.61. The van der Waals surface area contributed by atoms with E-state index >= 15 is 0 Å². The van der Waals surface area contributed by atoms with Crippen molar-refractivity contribution in [1.82, 2.24) is 10.2 Å². The average Bonchev–Trinajstić information content (AvgIpc) is 2.74. The lowest BCUT2D eigenvalue weighted by atomic mass is 10.1. The van der Waals surface area contributed by atoms with Crippen LogP contribution in [0, 0.1) is 5.82 Å². The zero-order valence-corrected chi connectivity index (χ0v) is 18.8. The van der Waals surface area contributed by atoms with Crippen LogP contribution in [0.15, 0.2) is 54.6 Å². The van der Waals surface area contributed by atoms with Crippen molar-refractivity contribution >= 4 is 46.8 Å². The van der Waals surface area contributed by atoms with E-state index in [1.165, 1.54) is 29.2 Å². The average molecular weight is 475 g/mol. The summed E-state index contributed by atoms with van der Waals surface area (Å²) in [6, 6.07) is 9.17. The van der Waals surface area contributed by atoms with E-state index < -0.39 is 11.8 Å². The second-order valence-electron chi connectivity index (χ2n) is 6.70. The van der Waals surface area contributed by atoms with E-state index in [1.54, 1.807) is 31.2 Å². The van der Waals surface area contributed by atoms with E-state index in [4.69, 9.17) is 33.3 Å². The molecule has 1 heterocycles. The van der Waals surface area contributed by atoms with E-state index in [-0.39, 0.29) is 40.4 Å². The zero-order valence-electron chi connectivity index (χ0n) is 17.2. The third kappa shape index (κ3) is 5.33. The Hall–Kier alpha value is -3.23. The predicted molar refractivity (Wildman–Crippen MR) is 124 cm³/mol. The van der Waals surface area contributed by atoms with Crippen LogP contribution in [-0.4, -0.2) is 35.0 Å². The van der Waals surface area contributed by atoms with Gasteiger partial charge in [-0.3, -0.25) is 19.8 Å². The van der Waals surface area contributed by atoms with Crippen LogP contribution < -0.4 is 14.8 Å². The molecule has 6 nitrogen and oxygen atoms in total. The first-order chi connectivity index (χ1) is 15.3. The summed E-state index contributed by atoms with van der Waals surface area (Å²) in [6.07, 6.45) is 2.91. The number of carbonyl (C=O) groups is 2. The molecule has 0 aliphatic carbocycles. The molecule has 0 spiro atoms. The molecule has 3 rings (SSSR count). The SMILES string of the molecule is C=CCN1C(=O)/C(=C/c2cc(Cl)c(OCc3cccc(F)c3)c(OCC)c2)C(=O)NC1=S. The smallest absolute Gasteiger partial charge is 0.265 e. The number of amides is 2. The molecular formula is C23H20ClFN2O4S. The van der Waals surface area contributed by atoms with E-state index in [1.807, 2.05) is 0 Å². The van der Waals surface area contributed by atoms with Crippen molar-refractivity contribution in [2.24, 2.45) is 0 Å². The number of nitrogens with zero attached hydrogens (tertiary/aromatic N) is 1. The number of hydrogen-bond donors (Lipinski definition) is 1. The Balaban J connectivity index is 1.92. The summed E-state index contributed by atoms with van der Waals surface area (Å²) in [5.74, 6) is -0.927. The van der Waals surface area contributed by atoms with Gasteiger partial charge in [0.1, 0.15) is 18.0 Å². The number of halogens is 2. The van der Waals surface area contributed by atoms with Gasteiger partial charge in [0.15, 0.2) is 16.6 Å². The molecule has 0 aromatic heterocycles. The van der Waals surface area contributed by atoms with Crippen LogP contribution >= 0.6 is 23.8 Å². The van der Waals surface area contributed by atoms with Gasteiger partial charge < -0.3 is 9.47 Å². The second kappa shape index (κ2) is 10.4. The fraction of sp³-hybridized carbons (Fsp3) is 0.174. The van der Waals surface area contributed by atoms with Gasteiger partial charge in [-0.15, -0.1) is 6.58 Å². The van der Waals surface area contributed by atoms with Crippen LogP contribution in [0.5, 0.6) is 11.5 Å². The Morgan fingerprint density at radius 3 is 2.72 bits per heavy atom. The molecule has 1 aliphatic heterocycles. The highest BCUT2D eigenvalue weighted by Gasteiger charge is 2.32. The number of nitrogens with one attached hydrogen (secondary N) is 1. The molecule has 0 bridgehead atoms. The minimum absolute atomic E-state index is 0.0196. The summed E-state index contributed by atoms with van der Waals surface area (Å²) in [5.41, 5.74) is 0.978. The minimum atomic E-state index is -0.610. The van der Waals surface area contributed by atoms with E-state index in [0.29, 0.717) is 23.5 Å². The number of carbonyl (C=O) groups excluding carboxylic acids is 2. The lowest BCUT2D eigenvalue weighted by Crippen LogP contribution is -2.53. The monoisotopic (exact) mass is 474 g/mol. The summed E-state index contributed by atoms with van der Waals surface area (Å²) in [7, 11) is 0. The lowest BCUT2D eigenvalue weighted by Gasteiger charge is -2.27.